The minimum Gasteiger partial charge on any atom is -0.495 e. The number of methoxy groups -OCH3 is 1. The number of aromatic nitrogens is 5. The zero-order valence-corrected chi connectivity index (χ0v) is 18.2. The molecule has 2 aromatic heterocycles. The number of amides is 1. The normalized spacial score (nSPS) is 10.8. The van der Waals surface area contributed by atoms with Gasteiger partial charge in [0.25, 0.3) is 5.91 Å². The number of imidazole rings is 1. The summed E-state index contributed by atoms with van der Waals surface area (Å²) in [7, 11) is 1.55. The molecule has 2 heterocycles. The van der Waals surface area contributed by atoms with E-state index in [4.69, 9.17) is 27.9 Å². The molecule has 0 saturated heterocycles. The molecule has 1 N–H and O–H groups in total. The van der Waals surface area contributed by atoms with E-state index in [0.29, 0.717) is 33.7 Å². The van der Waals surface area contributed by atoms with Crippen LogP contribution in [-0.4, -0.2) is 37.6 Å². The fraction of sp³-hybridized carbons (Fsp3) is 0.143. The Kier molecular flexibility index (Phi) is 5.92. The molecule has 31 heavy (non-hydrogen) atoms. The van der Waals surface area contributed by atoms with Crippen LogP contribution in [0.5, 0.6) is 5.75 Å². The summed E-state index contributed by atoms with van der Waals surface area (Å²) in [6, 6.07) is 10.5. The van der Waals surface area contributed by atoms with Crippen molar-refractivity contribution in [1.82, 2.24) is 24.5 Å². The third-order valence-electron chi connectivity index (χ3n) is 4.54. The lowest BCUT2D eigenvalue weighted by Crippen LogP contribution is -2.12. The first kappa shape index (κ1) is 20.9. The average Bonchev–Trinajstić information content (AvgIpc) is 3.39. The standard InChI is InChI=1S/C21H18Cl2N6O2/c1-13-9-28(12-24-13)18-6-4-15(8-19(18)31-2)21(30)25-20-11-29(27-26-20)10-14-3-5-16(22)17(23)7-14/h3-9,11-12H,10H2,1-2H3,(H,25,30). The molecular formula is C21H18Cl2N6O2. The first-order valence-electron chi connectivity index (χ1n) is 9.27. The van der Waals surface area contributed by atoms with Gasteiger partial charge in [-0.05, 0) is 42.8 Å². The predicted molar refractivity (Wildman–Crippen MR) is 118 cm³/mol. The molecule has 158 valence electrons. The summed E-state index contributed by atoms with van der Waals surface area (Å²) in [5.74, 6) is 0.555. The third kappa shape index (κ3) is 4.70. The van der Waals surface area contributed by atoms with Gasteiger partial charge in [0, 0.05) is 11.8 Å². The molecule has 0 fully saturated rings. The molecule has 0 aliphatic rings. The molecule has 4 aromatic rings. The second-order valence-electron chi connectivity index (χ2n) is 6.81. The first-order chi connectivity index (χ1) is 14.9. The summed E-state index contributed by atoms with van der Waals surface area (Å²) >= 11 is 12.0. The summed E-state index contributed by atoms with van der Waals surface area (Å²) < 4.78 is 8.89. The van der Waals surface area contributed by atoms with E-state index in [1.165, 1.54) is 0 Å². The maximum Gasteiger partial charge on any atom is 0.257 e. The second kappa shape index (κ2) is 8.79. The largest absolute Gasteiger partial charge is 0.495 e. The van der Waals surface area contributed by atoms with Crippen LogP contribution in [0.25, 0.3) is 5.69 Å². The fourth-order valence-electron chi connectivity index (χ4n) is 3.03. The smallest absolute Gasteiger partial charge is 0.257 e. The summed E-state index contributed by atoms with van der Waals surface area (Å²) in [6.07, 6.45) is 5.21. The Bertz CT molecular complexity index is 1250. The topological polar surface area (TPSA) is 86.9 Å². The molecule has 2 aromatic carbocycles. The molecule has 0 atom stereocenters. The van der Waals surface area contributed by atoms with Crippen LogP contribution in [0, 0.1) is 6.92 Å². The lowest BCUT2D eigenvalue weighted by molar-refractivity contribution is 0.102. The third-order valence-corrected chi connectivity index (χ3v) is 5.28. The van der Waals surface area contributed by atoms with Gasteiger partial charge < -0.3 is 14.6 Å². The van der Waals surface area contributed by atoms with Crippen LogP contribution >= 0.6 is 23.2 Å². The Balaban J connectivity index is 1.47. The van der Waals surface area contributed by atoms with E-state index in [2.05, 4.69) is 20.6 Å². The van der Waals surface area contributed by atoms with Crippen molar-refractivity contribution in [2.75, 3.05) is 12.4 Å². The Morgan fingerprint density at radius 3 is 2.68 bits per heavy atom. The zero-order chi connectivity index (χ0) is 22.0. The molecule has 0 saturated carbocycles. The maximum atomic E-state index is 12.7. The van der Waals surface area contributed by atoms with Gasteiger partial charge in [0.1, 0.15) is 5.75 Å². The van der Waals surface area contributed by atoms with Crippen LogP contribution in [-0.2, 0) is 6.54 Å². The van der Waals surface area contributed by atoms with E-state index in [-0.39, 0.29) is 5.91 Å². The SMILES string of the molecule is COc1cc(C(=O)Nc2cn(Cc3ccc(Cl)c(Cl)c3)nn2)ccc1-n1cnc(C)c1. The zero-order valence-electron chi connectivity index (χ0n) is 16.7. The number of nitrogens with one attached hydrogen (secondary N) is 1. The molecule has 0 unspecified atom stereocenters. The van der Waals surface area contributed by atoms with Gasteiger partial charge in [-0.2, -0.15) is 0 Å². The van der Waals surface area contributed by atoms with E-state index in [1.54, 1.807) is 54.6 Å². The molecule has 0 bridgehead atoms. The summed E-state index contributed by atoms with van der Waals surface area (Å²) in [4.78, 5) is 16.9. The van der Waals surface area contributed by atoms with Crippen LogP contribution in [0.3, 0.4) is 0 Å². The number of hydrogen-bond donors (Lipinski definition) is 1. The number of anilines is 1. The van der Waals surface area contributed by atoms with Gasteiger partial charge in [0.2, 0.25) is 0 Å². The van der Waals surface area contributed by atoms with Crippen molar-refractivity contribution in [3.05, 3.63) is 82.0 Å². The van der Waals surface area contributed by atoms with Crippen molar-refractivity contribution in [2.24, 2.45) is 0 Å². The minimum absolute atomic E-state index is 0.326. The van der Waals surface area contributed by atoms with Crippen LogP contribution in [0.15, 0.2) is 55.1 Å². The number of carbonyl (C=O) groups excluding carboxylic acids is 1. The fourth-order valence-corrected chi connectivity index (χ4v) is 3.35. The summed E-state index contributed by atoms with van der Waals surface area (Å²) in [6.45, 7) is 2.34. The molecule has 1 amide bonds. The highest BCUT2D eigenvalue weighted by atomic mass is 35.5. The van der Waals surface area contributed by atoms with Gasteiger partial charge in [-0.25, -0.2) is 9.67 Å². The number of hydrogen-bond acceptors (Lipinski definition) is 5. The van der Waals surface area contributed by atoms with Crippen molar-refractivity contribution in [3.63, 3.8) is 0 Å². The highest BCUT2D eigenvalue weighted by molar-refractivity contribution is 6.42. The molecule has 0 spiro atoms. The Hall–Kier alpha value is -3.36. The summed E-state index contributed by atoms with van der Waals surface area (Å²) in [5, 5.41) is 11.7. The monoisotopic (exact) mass is 456 g/mol. The van der Waals surface area contributed by atoms with Gasteiger partial charge in [-0.1, -0.05) is 34.5 Å². The Labute approximate surface area is 188 Å². The van der Waals surface area contributed by atoms with E-state index in [1.807, 2.05) is 23.8 Å². The van der Waals surface area contributed by atoms with Crippen molar-refractivity contribution in [3.8, 4) is 11.4 Å². The van der Waals surface area contributed by atoms with Crippen molar-refractivity contribution >= 4 is 34.9 Å². The molecule has 8 nitrogen and oxygen atoms in total. The lowest BCUT2D eigenvalue weighted by Gasteiger charge is -2.11. The number of nitrogens with zero attached hydrogens (tertiary/aromatic N) is 5. The molecular weight excluding hydrogens is 439 g/mol. The van der Waals surface area contributed by atoms with E-state index in [9.17, 15) is 4.79 Å². The van der Waals surface area contributed by atoms with E-state index < -0.39 is 0 Å². The van der Waals surface area contributed by atoms with Crippen molar-refractivity contribution in [1.29, 1.82) is 0 Å². The van der Waals surface area contributed by atoms with Crippen LogP contribution in [0.4, 0.5) is 5.82 Å². The predicted octanol–water partition coefficient (Wildman–Crippen LogP) is 4.39. The maximum absolute atomic E-state index is 12.7. The second-order valence-corrected chi connectivity index (χ2v) is 7.63. The summed E-state index contributed by atoms with van der Waals surface area (Å²) in [5.41, 5.74) is 3.00. The molecule has 0 radical (unpaired) electrons. The number of halogens is 2. The minimum atomic E-state index is -0.326. The van der Waals surface area contributed by atoms with Gasteiger partial charge >= 0.3 is 0 Å². The van der Waals surface area contributed by atoms with Crippen LogP contribution in [0.2, 0.25) is 10.0 Å². The average molecular weight is 457 g/mol. The molecule has 4 rings (SSSR count). The van der Waals surface area contributed by atoms with Gasteiger partial charge in [-0.3, -0.25) is 4.79 Å². The molecule has 0 aliphatic heterocycles. The number of benzene rings is 2. The van der Waals surface area contributed by atoms with E-state index >= 15 is 0 Å². The highest BCUT2D eigenvalue weighted by Gasteiger charge is 2.14. The van der Waals surface area contributed by atoms with Crippen LogP contribution in [0.1, 0.15) is 21.6 Å². The van der Waals surface area contributed by atoms with Crippen molar-refractivity contribution < 1.29 is 9.53 Å². The Morgan fingerprint density at radius 2 is 1.97 bits per heavy atom. The van der Waals surface area contributed by atoms with E-state index in [0.717, 1.165) is 16.9 Å². The van der Waals surface area contributed by atoms with Gasteiger partial charge in [0.15, 0.2) is 5.82 Å². The Morgan fingerprint density at radius 1 is 1.13 bits per heavy atom. The van der Waals surface area contributed by atoms with Crippen LogP contribution < -0.4 is 10.1 Å². The van der Waals surface area contributed by atoms with Gasteiger partial charge in [-0.15, -0.1) is 5.10 Å². The first-order valence-corrected chi connectivity index (χ1v) is 10.0. The van der Waals surface area contributed by atoms with Gasteiger partial charge in [0.05, 0.1) is 47.6 Å². The number of carbonyl (C=O) groups is 1. The highest BCUT2D eigenvalue weighted by Crippen LogP contribution is 2.25. The number of ether oxygens (including phenoxy) is 1. The quantitative estimate of drug-likeness (QED) is 0.464. The lowest BCUT2D eigenvalue weighted by atomic mass is 10.1. The van der Waals surface area contributed by atoms with Crippen molar-refractivity contribution in [2.45, 2.75) is 13.5 Å². The molecule has 10 heteroatoms. The molecule has 0 aliphatic carbocycles. The number of rotatable bonds is 6. The number of aryl methyl sites for hydroxylation is 1.